The molecule has 0 radical (unpaired) electrons. The Bertz CT molecular complexity index is 298. The molecule has 0 saturated carbocycles. The Balaban J connectivity index is 3.27. The van der Waals surface area contributed by atoms with E-state index in [1.807, 2.05) is 0 Å². The van der Waals surface area contributed by atoms with Crippen LogP contribution in [0.5, 0.6) is 0 Å². The number of benzene rings is 1. The zero-order valence-electron chi connectivity index (χ0n) is 5.83. The molecule has 11 heavy (non-hydrogen) atoms. The van der Waals surface area contributed by atoms with Gasteiger partial charge in [-0.3, -0.25) is 4.21 Å². The van der Waals surface area contributed by atoms with E-state index in [1.165, 1.54) is 25.1 Å². The third-order valence-electron chi connectivity index (χ3n) is 1.40. The minimum Gasteiger partial charge on any atom is -0.768 e. The van der Waals surface area contributed by atoms with Crippen LogP contribution in [0.1, 0.15) is 5.56 Å². The Kier molecular flexibility index (Phi) is 2.36. The van der Waals surface area contributed by atoms with Crippen molar-refractivity contribution in [3.63, 3.8) is 0 Å². The lowest BCUT2D eigenvalue weighted by Gasteiger charge is -2.08. The molecule has 0 saturated heterocycles. The summed E-state index contributed by atoms with van der Waals surface area (Å²) in [6.07, 6.45) is 0. The van der Waals surface area contributed by atoms with Gasteiger partial charge >= 0.3 is 0 Å². The molecule has 0 N–H and O–H groups in total. The molecule has 2 nitrogen and oxygen atoms in total. The van der Waals surface area contributed by atoms with Crippen molar-refractivity contribution in [3.05, 3.63) is 29.6 Å². The van der Waals surface area contributed by atoms with Crippen LogP contribution in [0.3, 0.4) is 0 Å². The molecule has 0 bridgehead atoms. The van der Waals surface area contributed by atoms with Crippen molar-refractivity contribution in [1.29, 1.82) is 0 Å². The van der Waals surface area contributed by atoms with Gasteiger partial charge in [-0.05, 0) is 35.7 Å². The van der Waals surface area contributed by atoms with Crippen LogP contribution in [0.15, 0.2) is 23.1 Å². The summed E-state index contributed by atoms with van der Waals surface area (Å²) in [4.78, 5) is 0.0185. The minimum absolute atomic E-state index is 0.0185. The van der Waals surface area contributed by atoms with Gasteiger partial charge in [0.25, 0.3) is 0 Å². The van der Waals surface area contributed by atoms with E-state index in [4.69, 9.17) is 0 Å². The number of rotatable bonds is 1. The zero-order valence-corrected chi connectivity index (χ0v) is 6.65. The van der Waals surface area contributed by atoms with Gasteiger partial charge < -0.3 is 4.55 Å². The van der Waals surface area contributed by atoms with Crippen LogP contribution in [0.2, 0.25) is 0 Å². The lowest BCUT2D eigenvalue weighted by molar-refractivity contribution is 0.533. The topological polar surface area (TPSA) is 40.1 Å². The van der Waals surface area contributed by atoms with E-state index in [1.54, 1.807) is 0 Å². The summed E-state index contributed by atoms with van der Waals surface area (Å²) in [5.74, 6) is -0.494. The number of hydrogen-bond acceptors (Lipinski definition) is 2. The Labute approximate surface area is 66.3 Å². The third-order valence-corrected chi connectivity index (χ3v) is 2.20. The Morgan fingerprint density at radius 1 is 1.55 bits per heavy atom. The third kappa shape index (κ3) is 1.64. The minimum atomic E-state index is -2.34. The van der Waals surface area contributed by atoms with Gasteiger partial charge in [0.1, 0.15) is 5.82 Å². The highest BCUT2D eigenvalue weighted by atomic mass is 32.2. The summed E-state index contributed by atoms with van der Waals surface area (Å²) in [7, 11) is 0. The SMILES string of the molecule is Cc1c(F)cccc1S(=O)[O-]. The summed E-state index contributed by atoms with van der Waals surface area (Å²) in [5.41, 5.74) is 0.167. The average molecular weight is 173 g/mol. The summed E-state index contributed by atoms with van der Waals surface area (Å²) >= 11 is -2.34. The van der Waals surface area contributed by atoms with Crippen LogP contribution < -0.4 is 0 Å². The first-order chi connectivity index (χ1) is 5.13. The predicted molar refractivity (Wildman–Crippen MR) is 38.3 cm³/mol. The largest absolute Gasteiger partial charge is 0.768 e. The molecule has 0 aromatic heterocycles. The molecular weight excluding hydrogens is 167 g/mol. The maximum atomic E-state index is 12.7. The molecule has 1 rings (SSSR count). The van der Waals surface area contributed by atoms with Crippen LogP contribution >= 0.6 is 0 Å². The molecule has 1 aromatic carbocycles. The summed E-state index contributed by atoms with van der Waals surface area (Å²) in [6.45, 7) is 1.43. The number of hydrogen-bond donors (Lipinski definition) is 0. The molecule has 0 aliphatic carbocycles. The van der Waals surface area contributed by atoms with E-state index in [0.717, 1.165) is 0 Å². The molecule has 0 fully saturated rings. The van der Waals surface area contributed by atoms with Gasteiger partial charge in [-0.2, -0.15) is 0 Å². The molecule has 0 aliphatic heterocycles. The lowest BCUT2D eigenvalue weighted by Crippen LogP contribution is -1.94. The maximum Gasteiger partial charge on any atom is 0.127 e. The standard InChI is InChI=1S/C7H7FO2S/c1-5-6(8)3-2-4-7(5)11(9)10/h2-4H,1H3,(H,9,10)/p-1. The van der Waals surface area contributed by atoms with Gasteiger partial charge in [-0.15, -0.1) is 0 Å². The van der Waals surface area contributed by atoms with E-state index in [-0.39, 0.29) is 10.5 Å². The van der Waals surface area contributed by atoms with Crippen molar-refractivity contribution < 1.29 is 13.2 Å². The molecular formula is C7H6FO2S-. The van der Waals surface area contributed by atoms with Crippen molar-refractivity contribution in [2.75, 3.05) is 0 Å². The van der Waals surface area contributed by atoms with E-state index in [2.05, 4.69) is 0 Å². The normalized spacial score (nSPS) is 13.0. The molecule has 60 valence electrons. The quantitative estimate of drug-likeness (QED) is 0.602. The summed E-state index contributed by atoms with van der Waals surface area (Å²) in [6, 6.07) is 3.96. The van der Waals surface area contributed by atoms with Crippen LogP contribution in [0.25, 0.3) is 0 Å². The highest BCUT2D eigenvalue weighted by molar-refractivity contribution is 7.79. The molecule has 1 aromatic rings. The van der Waals surface area contributed by atoms with E-state index < -0.39 is 16.9 Å². The van der Waals surface area contributed by atoms with Crippen LogP contribution in [-0.4, -0.2) is 8.76 Å². The first-order valence-electron chi connectivity index (χ1n) is 2.97. The highest BCUT2D eigenvalue weighted by Crippen LogP contribution is 2.14. The summed E-state index contributed by atoms with van der Waals surface area (Å²) < 4.78 is 33.5. The van der Waals surface area contributed by atoms with Crippen LogP contribution in [0, 0.1) is 12.7 Å². The Hall–Kier alpha value is -0.740. The van der Waals surface area contributed by atoms with E-state index in [0.29, 0.717) is 0 Å². The monoisotopic (exact) mass is 173 g/mol. The molecule has 0 heterocycles. The summed E-state index contributed by atoms with van der Waals surface area (Å²) in [5, 5.41) is 0. The first kappa shape index (κ1) is 8.36. The average Bonchev–Trinajstić information content (AvgIpc) is 1.94. The second kappa shape index (κ2) is 3.11. The van der Waals surface area contributed by atoms with Crippen molar-refractivity contribution in [3.8, 4) is 0 Å². The Morgan fingerprint density at radius 3 is 2.64 bits per heavy atom. The molecule has 0 amide bonds. The lowest BCUT2D eigenvalue weighted by atomic mass is 10.2. The zero-order chi connectivity index (χ0) is 8.43. The van der Waals surface area contributed by atoms with Gasteiger partial charge in [-0.1, -0.05) is 6.07 Å². The molecule has 0 aliphatic rings. The fraction of sp³-hybridized carbons (Fsp3) is 0.143. The van der Waals surface area contributed by atoms with Gasteiger partial charge in [0.2, 0.25) is 0 Å². The second-order valence-electron chi connectivity index (χ2n) is 2.10. The molecule has 4 heteroatoms. The smallest absolute Gasteiger partial charge is 0.127 e. The Morgan fingerprint density at radius 2 is 2.18 bits per heavy atom. The maximum absolute atomic E-state index is 12.7. The molecule has 0 spiro atoms. The fourth-order valence-electron chi connectivity index (χ4n) is 0.768. The van der Waals surface area contributed by atoms with Gasteiger partial charge in [0.15, 0.2) is 0 Å². The second-order valence-corrected chi connectivity index (χ2v) is 3.01. The van der Waals surface area contributed by atoms with Crippen LogP contribution in [0.4, 0.5) is 4.39 Å². The van der Waals surface area contributed by atoms with E-state index in [9.17, 15) is 13.2 Å². The number of halogens is 1. The highest BCUT2D eigenvalue weighted by Gasteiger charge is 2.01. The van der Waals surface area contributed by atoms with Gasteiger partial charge in [0, 0.05) is 4.90 Å². The van der Waals surface area contributed by atoms with Crippen molar-refractivity contribution in [2.24, 2.45) is 0 Å². The van der Waals surface area contributed by atoms with E-state index >= 15 is 0 Å². The van der Waals surface area contributed by atoms with Crippen molar-refractivity contribution in [2.45, 2.75) is 11.8 Å². The molecule has 1 unspecified atom stereocenters. The van der Waals surface area contributed by atoms with Gasteiger partial charge in [0.05, 0.1) is 0 Å². The van der Waals surface area contributed by atoms with Crippen LogP contribution in [-0.2, 0) is 11.1 Å². The fourth-order valence-corrected chi connectivity index (χ4v) is 1.31. The predicted octanol–water partition coefficient (Wildman–Crippen LogP) is 1.37. The first-order valence-corrected chi connectivity index (χ1v) is 4.05. The van der Waals surface area contributed by atoms with Crippen molar-refractivity contribution >= 4 is 11.1 Å². The van der Waals surface area contributed by atoms with Crippen molar-refractivity contribution in [1.82, 2.24) is 0 Å². The van der Waals surface area contributed by atoms with Gasteiger partial charge in [-0.25, -0.2) is 4.39 Å². The molecule has 1 atom stereocenters.